The summed E-state index contributed by atoms with van der Waals surface area (Å²) in [6.07, 6.45) is 0. The minimum atomic E-state index is 0.433. The predicted molar refractivity (Wildman–Crippen MR) is 326 cm³/mol. The van der Waals surface area contributed by atoms with Gasteiger partial charge in [0.15, 0.2) is 0 Å². The van der Waals surface area contributed by atoms with Crippen LogP contribution in [0.3, 0.4) is 0 Å². The molecular formula is C74H48N4O. The summed E-state index contributed by atoms with van der Waals surface area (Å²) < 4.78 is 12.0. The first-order chi connectivity index (χ1) is 39.2. The zero-order valence-electron chi connectivity index (χ0n) is 42.9. The Labute approximate surface area is 457 Å². The lowest BCUT2D eigenvalue weighted by Gasteiger charge is -2.15. The zero-order chi connectivity index (χ0) is 52.2. The molecule has 0 fully saturated rings. The van der Waals surface area contributed by atoms with Crippen molar-refractivity contribution in [2.75, 3.05) is 0 Å². The Morgan fingerprint density at radius 2 is 0.443 bits per heavy atom. The number of hydrogen-bond acceptors (Lipinski definition) is 3. The molecule has 0 spiro atoms. The molecule has 0 saturated heterocycles. The van der Waals surface area contributed by atoms with Gasteiger partial charge in [-0.05, 0) is 117 Å². The smallest absolute Gasteiger partial charge is 0.248 e. The van der Waals surface area contributed by atoms with Gasteiger partial charge in [0.05, 0.1) is 22.1 Å². The minimum absolute atomic E-state index is 0.433. The Morgan fingerprint density at radius 1 is 0.215 bits per heavy atom. The molecule has 15 rings (SSSR count). The van der Waals surface area contributed by atoms with E-state index in [4.69, 9.17) is 14.6 Å². The Morgan fingerprint density at radius 3 is 0.722 bits per heavy atom. The molecule has 0 unspecified atom stereocenters. The van der Waals surface area contributed by atoms with Crippen LogP contribution < -0.4 is 0 Å². The lowest BCUT2D eigenvalue weighted by Crippen LogP contribution is -1.97. The lowest BCUT2D eigenvalue weighted by molar-refractivity contribution is 0.585. The van der Waals surface area contributed by atoms with Crippen LogP contribution in [-0.4, -0.2) is 19.3 Å². The van der Waals surface area contributed by atoms with E-state index < -0.39 is 0 Å². The molecule has 0 amide bonds. The summed E-state index contributed by atoms with van der Waals surface area (Å²) in [5.41, 5.74) is 21.6. The molecule has 0 atom stereocenters. The van der Waals surface area contributed by atoms with Gasteiger partial charge in [-0.1, -0.05) is 218 Å². The maximum atomic E-state index is 7.08. The number of aromatic nitrogens is 4. The van der Waals surface area contributed by atoms with Crippen LogP contribution in [0.4, 0.5) is 0 Å². The highest BCUT2D eigenvalue weighted by atomic mass is 16.4. The van der Waals surface area contributed by atoms with E-state index in [-0.39, 0.29) is 0 Å². The first-order valence-electron chi connectivity index (χ1n) is 26.8. The molecule has 0 N–H and O–H groups in total. The fraction of sp³-hybridized carbons (Fsp3) is 0. The van der Waals surface area contributed by atoms with Gasteiger partial charge in [0.2, 0.25) is 11.8 Å². The van der Waals surface area contributed by atoms with Gasteiger partial charge in [0.25, 0.3) is 0 Å². The van der Waals surface area contributed by atoms with Crippen LogP contribution in [0.2, 0.25) is 0 Å². The van der Waals surface area contributed by atoms with Gasteiger partial charge in [0, 0.05) is 66.3 Å². The SMILES string of the molecule is c1ccc(-c2cc(-c3ccccc3)c3c(c2)c2cc(-c4nnc(-c5cc(-c6ccccc6)c6c(c5)c5cc(-c7ccccc7)cc(-c7ccccc7)c5n6-c5ccccc5)o4)cc(-c4ccccc4)c2n3-c2ccccc2)cc1. The van der Waals surface area contributed by atoms with Crippen molar-refractivity contribution in [3.8, 4) is 101 Å². The topological polar surface area (TPSA) is 48.8 Å². The summed E-state index contributed by atoms with van der Waals surface area (Å²) in [4.78, 5) is 0. The zero-order valence-corrected chi connectivity index (χ0v) is 42.9. The highest BCUT2D eigenvalue weighted by Gasteiger charge is 2.26. The van der Waals surface area contributed by atoms with Crippen molar-refractivity contribution < 1.29 is 4.42 Å². The highest BCUT2D eigenvalue weighted by Crippen LogP contribution is 2.48. The Balaban J connectivity index is 1.01. The second-order valence-corrected chi connectivity index (χ2v) is 20.1. The third-order valence-corrected chi connectivity index (χ3v) is 15.4. The predicted octanol–water partition coefficient (Wildman–Crippen LogP) is 19.6. The summed E-state index contributed by atoms with van der Waals surface area (Å²) in [6.45, 7) is 0. The van der Waals surface area contributed by atoms with Crippen LogP contribution in [0.15, 0.2) is 296 Å². The number of hydrogen-bond donors (Lipinski definition) is 0. The number of rotatable bonds is 10. The van der Waals surface area contributed by atoms with E-state index in [9.17, 15) is 0 Å². The second-order valence-electron chi connectivity index (χ2n) is 20.1. The van der Waals surface area contributed by atoms with Crippen LogP contribution in [0, 0.1) is 0 Å². The van der Waals surface area contributed by atoms with E-state index in [0.29, 0.717) is 11.8 Å². The van der Waals surface area contributed by atoms with Crippen LogP contribution in [0.1, 0.15) is 0 Å². The van der Waals surface area contributed by atoms with Gasteiger partial charge in [-0.3, -0.25) is 0 Å². The van der Waals surface area contributed by atoms with Crippen LogP contribution in [0.5, 0.6) is 0 Å². The Kier molecular flexibility index (Phi) is 11.1. The fourth-order valence-corrected chi connectivity index (χ4v) is 11.9. The largest absolute Gasteiger partial charge is 0.416 e. The molecule has 0 aliphatic heterocycles. The first kappa shape index (κ1) is 45.7. The first-order valence-corrected chi connectivity index (χ1v) is 26.8. The molecule has 0 bridgehead atoms. The van der Waals surface area contributed by atoms with Gasteiger partial charge >= 0.3 is 0 Å². The van der Waals surface area contributed by atoms with Crippen LogP contribution >= 0.6 is 0 Å². The van der Waals surface area contributed by atoms with E-state index >= 15 is 0 Å². The van der Waals surface area contributed by atoms with E-state index in [1.54, 1.807) is 0 Å². The molecule has 0 aliphatic carbocycles. The molecule has 3 heterocycles. The molecule has 5 nitrogen and oxygen atoms in total. The van der Waals surface area contributed by atoms with Crippen molar-refractivity contribution in [1.29, 1.82) is 0 Å². The van der Waals surface area contributed by atoms with E-state index in [2.05, 4.69) is 300 Å². The maximum absolute atomic E-state index is 7.08. The maximum Gasteiger partial charge on any atom is 0.248 e. The van der Waals surface area contributed by atoms with Crippen molar-refractivity contribution in [2.45, 2.75) is 0 Å². The molecule has 79 heavy (non-hydrogen) atoms. The molecule has 0 radical (unpaired) electrons. The van der Waals surface area contributed by atoms with Crippen molar-refractivity contribution in [3.05, 3.63) is 291 Å². The van der Waals surface area contributed by atoms with Crippen LogP contribution in [-0.2, 0) is 0 Å². The number of nitrogens with zero attached hydrogens (tertiary/aromatic N) is 4. The monoisotopic (exact) mass is 1010 g/mol. The molecule has 370 valence electrons. The summed E-state index contributed by atoms with van der Waals surface area (Å²) in [5, 5.41) is 14.3. The average Bonchev–Trinajstić information content (AvgIpc) is 4.42. The number of fused-ring (bicyclic) bond motifs is 6. The van der Waals surface area contributed by atoms with E-state index in [0.717, 1.165) is 133 Å². The fourth-order valence-electron chi connectivity index (χ4n) is 11.9. The Hall–Kier alpha value is -10.6. The average molecular weight is 1010 g/mol. The molecule has 0 aliphatic rings. The normalized spacial score (nSPS) is 11.5. The number of benzene rings is 12. The van der Waals surface area contributed by atoms with Gasteiger partial charge in [-0.25, -0.2) is 0 Å². The highest BCUT2D eigenvalue weighted by molar-refractivity contribution is 6.21. The third kappa shape index (κ3) is 7.95. The van der Waals surface area contributed by atoms with Gasteiger partial charge in [-0.2, -0.15) is 0 Å². The van der Waals surface area contributed by atoms with Gasteiger partial charge in [-0.15, -0.1) is 10.2 Å². The van der Waals surface area contributed by atoms with Crippen molar-refractivity contribution in [1.82, 2.24) is 19.3 Å². The summed E-state index contributed by atoms with van der Waals surface area (Å²) >= 11 is 0. The second kappa shape index (κ2) is 19.2. The van der Waals surface area contributed by atoms with Gasteiger partial charge in [0.1, 0.15) is 0 Å². The molecule has 0 saturated carbocycles. The molecule has 15 aromatic rings. The molecular weight excluding hydrogens is 961 g/mol. The van der Waals surface area contributed by atoms with Gasteiger partial charge < -0.3 is 13.6 Å². The standard InChI is InChI=1S/C74H48N4O/c1-9-25-49(26-10-1)55-41-61(51-29-13-3-14-30-51)69-65(43-55)67-47-57(45-63(53-33-17-5-18-34-53)71(67)77(69)59-37-21-7-22-38-59)73-75-76-74(79-73)58-46-64(54-35-19-6-20-36-54)72-68(48-58)66-44-56(50-27-11-2-12-28-50)42-62(52-31-15-4-16-32-52)70(66)78(72)60-39-23-8-24-40-60/h1-48H. The number of para-hydroxylation sites is 2. The molecule has 5 heteroatoms. The summed E-state index contributed by atoms with van der Waals surface area (Å²) in [7, 11) is 0. The van der Waals surface area contributed by atoms with Crippen LogP contribution in [0.25, 0.3) is 145 Å². The quantitative estimate of drug-likeness (QED) is 0.137. The van der Waals surface area contributed by atoms with E-state index in [1.165, 1.54) is 0 Å². The summed E-state index contributed by atoms with van der Waals surface area (Å²) in [5.74, 6) is 0.867. The summed E-state index contributed by atoms with van der Waals surface area (Å²) in [6, 6.07) is 104. The molecule has 12 aromatic carbocycles. The van der Waals surface area contributed by atoms with Crippen molar-refractivity contribution in [2.24, 2.45) is 0 Å². The Bertz CT molecular complexity index is 4400. The molecule has 3 aromatic heterocycles. The minimum Gasteiger partial charge on any atom is -0.416 e. The van der Waals surface area contributed by atoms with Crippen molar-refractivity contribution in [3.63, 3.8) is 0 Å². The van der Waals surface area contributed by atoms with Crippen molar-refractivity contribution >= 4 is 43.6 Å². The third-order valence-electron chi connectivity index (χ3n) is 15.4. The lowest BCUT2D eigenvalue weighted by atomic mass is 9.94. The van der Waals surface area contributed by atoms with E-state index in [1.807, 2.05) is 0 Å².